The highest BCUT2D eigenvalue weighted by atomic mass is 31.2. The van der Waals surface area contributed by atoms with Gasteiger partial charge in [-0.1, -0.05) is 170 Å². The van der Waals surface area contributed by atoms with E-state index >= 15 is 0 Å². The second-order valence-electron chi connectivity index (χ2n) is 13.1. The maximum Gasteiger partial charge on any atom is 0.472 e. The molecule has 3 atom stereocenters. The summed E-state index contributed by atoms with van der Waals surface area (Å²) in [5.74, 6) is -0.247. The Hall–Kier alpha value is -2.06. The molecule has 8 nitrogen and oxygen atoms in total. The Kier molecular flexibility index (Phi) is 36.2. The van der Waals surface area contributed by atoms with Gasteiger partial charge < -0.3 is 21.1 Å². The van der Waals surface area contributed by atoms with E-state index in [4.69, 9.17) is 14.8 Å². The van der Waals surface area contributed by atoms with Crippen molar-refractivity contribution in [3.8, 4) is 0 Å². The van der Waals surface area contributed by atoms with Crippen LogP contribution in [0.1, 0.15) is 155 Å². The minimum atomic E-state index is -4.33. The summed E-state index contributed by atoms with van der Waals surface area (Å²) in [5, 5.41) is 13.7. The molecule has 0 radical (unpaired) electrons. The van der Waals surface area contributed by atoms with Crippen LogP contribution in [0.4, 0.5) is 0 Å². The quantitative estimate of drug-likeness (QED) is 0.0286. The van der Waals surface area contributed by atoms with Gasteiger partial charge in [-0.25, -0.2) is 4.57 Å². The molecule has 1 amide bonds. The molecule has 0 saturated heterocycles. The molecule has 0 saturated carbocycles. The molecule has 0 spiro atoms. The summed E-state index contributed by atoms with van der Waals surface area (Å²) in [7, 11) is -4.33. The third-order valence-corrected chi connectivity index (χ3v) is 9.32. The highest BCUT2D eigenvalue weighted by Crippen LogP contribution is 2.43. The van der Waals surface area contributed by atoms with E-state index in [2.05, 4.69) is 79.9 Å². The summed E-state index contributed by atoms with van der Waals surface area (Å²) in [6, 6.07) is -0.818. The van der Waals surface area contributed by atoms with Crippen molar-refractivity contribution in [1.82, 2.24) is 5.32 Å². The highest BCUT2D eigenvalue weighted by molar-refractivity contribution is 7.47. The Bertz CT molecular complexity index is 1020. The third-order valence-electron chi connectivity index (χ3n) is 8.34. The predicted octanol–water partition coefficient (Wildman–Crippen LogP) is 10.9. The van der Waals surface area contributed by atoms with Gasteiger partial charge in [0.1, 0.15) is 0 Å². The number of rotatable bonds is 36. The molecule has 3 unspecified atom stereocenters. The van der Waals surface area contributed by atoms with Crippen LogP contribution in [0.5, 0.6) is 0 Å². The van der Waals surface area contributed by atoms with E-state index in [9.17, 15) is 19.4 Å². The Morgan fingerprint density at radius 2 is 1.10 bits per heavy atom. The zero-order valence-corrected chi connectivity index (χ0v) is 33.2. The molecular weight excluding hydrogens is 659 g/mol. The van der Waals surface area contributed by atoms with Gasteiger partial charge >= 0.3 is 7.82 Å². The van der Waals surface area contributed by atoms with Crippen LogP contribution in [0.25, 0.3) is 0 Å². The fraction of sp³-hybridized carbons (Fsp3) is 0.690. The SMILES string of the molecule is CC/C=C\C/C=C\C/C=C\C/C=C\C/C=C\C/C=C\CCC(=O)NC(COP(=O)(O)OCCN)C(O)CCCCCCCCCCCCCCC. The van der Waals surface area contributed by atoms with E-state index in [1.165, 1.54) is 64.2 Å². The molecule has 0 aliphatic heterocycles. The maximum absolute atomic E-state index is 12.7. The van der Waals surface area contributed by atoms with Gasteiger partial charge in [-0.05, 0) is 51.4 Å². The fourth-order valence-electron chi connectivity index (χ4n) is 5.33. The molecule has 0 fully saturated rings. The molecule has 0 aromatic rings. The molecule has 5 N–H and O–H groups in total. The number of phosphoric acid groups is 1. The molecule has 0 rings (SSSR count). The Balaban J connectivity index is 4.38. The largest absolute Gasteiger partial charge is 0.472 e. The summed E-state index contributed by atoms with van der Waals surface area (Å²) < 4.78 is 22.1. The average Bonchev–Trinajstić information content (AvgIpc) is 3.12. The molecule has 0 aromatic carbocycles. The molecule has 0 aliphatic rings. The first kappa shape index (κ1) is 48.9. The minimum absolute atomic E-state index is 0.0738. The molecule has 294 valence electrons. The van der Waals surface area contributed by atoms with Gasteiger partial charge in [-0.2, -0.15) is 0 Å². The number of allylic oxidation sites excluding steroid dienone is 12. The zero-order chi connectivity index (χ0) is 37.5. The first-order chi connectivity index (χ1) is 24.9. The molecule has 9 heteroatoms. The molecular formula is C42H75N2O6P. The summed E-state index contributed by atoms with van der Waals surface area (Å²) in [4.78, 5) is 22.6. The van der Waals surface area contributed by atoms with E-state index in [-0.39, 0.29) is 32.1 Å². The summed E-state index contributed by atoms with van der Waals surface area (Å²) in [6.45, 7) is 4.01. The van der Waals surface area contributed by atoms with Crippen LogP contribution < -0.4 is 11.1 Å². The van der Waals surface area contributed by atoms with Gasteiger partial charge in [-0.3, -0.25) is 13.8 Å². The number of hydrogen-bond donors (Lipinski definition) is 4. The van der Waals surface area contributed by atoms with Gasteiger partial charge in [-0.15, -0.1) is 0 Å². The van der Waals surface area contributed by atoms with Crippen LogP contribution in [0.2, 0.25) is 0 Å². The molecule has 0 aliphatic carbocycles. The topological polar surface area (TPSA) is 131 Å². The number of nitrogens with two attached hydrogens (primary N) is 1. The fourth-order valence-corrected chi connectivity index (χ4v) is 6.09. The van der Waals surface area contributed by atoms with Crippen molar-refractivity contribution in [3.63, 3.8) is 0 Å². The van der Waals surface area contributed by atoms with Crippen LogP contribution in [-0.2, 0) is 18.4 Å². The lowest BCUT2D eigenvalue weighted by Crippen LogP contribution is -2.46. The van der Waals surface area contributed by atoms with Crippen molar-refractivity contribution in [2.75, 3.05) is 19.8 Å². The van der Waals surface area contributed by atoms with Crippen molar-refractivity contribution >= 4 is 13.7 Å². The molecule has 0 aromatic heterocycles. The number of hydrogen-bond acceptors (Lipinski definition) is 6. The second kappa shape index (κ2) is 37.7. The maximum atomic E-state index is 12.7. The predicted molar refractivity (Wildman–Crippen MR) is 216 cm³/mol. The number of aliphatic hydroxyl groups excluding tert-OH is 1. The van der Waals surface area contributed by atoms with Crippen LogP contribution in [0.15, 0.2) is 72.9 Å². The number of carbonyl (C=O) groups excluding carboxylic acids is 1. The lowest BCUT2D eigenvalue weighted by molar-refractivity contribution is -0.123. The van der Waals surface area contributed by atoms with Crippen molar-refractivity contribution in [2.45, 2.75) is 167 Å². The zero-order valence-electron chi connectivity index (χ0n) is 32.3. The van der Waals surface area contributed by atoms with Crippen LogP contribution in [0.3, 0.4) is 0 Å². The first-order valence-corrected chi connectivity index (χ1v) is 21.5. The van der Waals surface area contributed by atoms with Crippen molar-refractivity contribution in [2.24, 2.45) is 5.73 Å². The third kappa shape index (κ3) is 36.1. The Morgan fingerprint density at radius 1 is 0.667 bits per heavy atom. The number of amides is 1. The Morgan fingerprint density at radius 3 is 1.55 bits per heavy atom. The van der Waals surface area contributed by atoms with Gasteiger partial charge in [0.25, 0.3) is 0 Å². The van der Waals surface area contributed by atoms with Crippen LogP contribution >= 0.6 is 7.82 Å². The second-order valence-corrected chi connectivity index (χ2v) is 14.6. The molecule has 0 heterocycles. The number of nitrogens with one attached hydrogen (secondary N) is 1. The number of carbonyl (C=O) groups is 1. The van der Waals surface area contributed by atoms with Gasteiger partial charge in [0.15, 0.2) is 0 Å². The minimum Gasteiger partial charge on any atom is -0.391 e. The van der Waals surface area contributed by atoms with Gasteiger partial charge in [0, 0.05) is 13.0 Å². The van der Waals surface area contributed by atoms with E-state index < -0.39 is 20.0 Å². The number of aliphatic hydroxyl groups is 1. The number of phosphoric ester groups is 1. The van der Waals surface area contributed by atoms with Crippen molar-refractivity contribution in [1.29, 1.82) is 0 Å². The number of unbranched alkanes of at least 4 members (excludes halogenated alkanes) is 12. The molecule has 51 heavy (non-hydrogen) atoms. The van der Waals surface area contributed by atoms with E-state index in [0.717, 1.165) is 57.8 Å². The molecule has 0 bridgehead atoms. The summed E-state index contributed by atoms with van der Waals surface area (Å²) in [5.41, 5.74) is 5.36. The van der Waals surface area contributed by atoms with Gasteiger partial charge in [0.2, 0.25) is 5.91 Å². The Labute approximate surface area is 312 Å². The van der Waals surface area contributed by atoms with Gasteiger partial charge in [0.05, 0.1) is 25.4 Å². The lowest BCUT2D eigenvalue weighted by atomic mass is 10.0. The smallest absolute Gasteiger partial charge is 0.391 e. The van der Waals surface area contributed by atoms with Crippen LogP contribution in [-0.4, -0.2) is 47.8 Å². The standard InChI is InChI=1S/C42H75N2O6P/c1-3-5-7-9-11-13-15-17-18-19-20-21-22-24-26-28-30-32-34-36-42(46)44-40(39-50-51(47,48)49-38-37-43)41(45)35-33-31-29-27-25-23-16-14-12-10-8-6-4-2/h5,7,11,13,17-18,20-21,24,26,30,32,40-41,45H,3-4,6,8-10,12,14-16,19,22-23,25,27-29,31,33-39,43H2,1-2H3,(H,44,46)(H,47,48)/b7-5-,13-11-,18-17-,21-20-,26-24-,32-30-. The normalized spacial score (nSPS) is 15.0. The van der Waals surface area contributed by atoms with Crippen LogP contribution in [0, 0.1) is 0 Å². The lowest BCUT2D eigenvalue weighted by Gasteiger charge is -2.25. The monoisotopic (exact) mass is 735 g/mol. The first-order valence-electron chi connectivity index (χ1n) is 20.1. The average molecular weight is 735 g/mol. The van der Waals surface area contributed by atoms with Crippen molar-refractivity contribution < 1.29 is 28.4 Å². The summed E-state index contributed by atoms with van der Waals surface area (Å²) in [6.07, 6.45) is 47.8. The summed E-state index contributed by atoms with van der Waals surface area (Å²) >= 11 is 0. The highest BCUT2D eigenvalue weighted by Gasteiger charge is 2.27. The van der Waals surface area contributed by atoms with E-state index in [1.54, 1.807) is 0 Å². The van der Waals surface area contributed by atoms with Crippen molar-refractivity contribution in [3.05, 3.63) is 72.9 Å². The van der Waals surface area contributed by atoms with E-state index in [1.807, 2.05) is 12.2 Å². The van der Waals surface area contributed by atoms with E-state index in [0.29, 0.717) is 12.8 Å².